The Hall–Kier alpha value is -2.57. The van der Waals surface area contributed by atoms with Crippen LogP contribution in [0.15, 0.2) is 24.3 Å². The van der Waals surface area contributed by atoms with Crippen LogP contribution in [0.2, 0.25) is 0 Å². The van der Waals surface area contributed by atoms with Gasteiger partial charge in [0.05, 0.1) is 13.5 Å². The Kier molecular flexibility index (Phi) is 6.19. The highest BCUT2D eigenvalue weighted by atomic mass is 16.5. The Labute approximate surface area is 121 Å². The van der Waals surface area contributed by atoms with Gasteiger partial charge >= 0.3 is 11.9 Å². The number of benzene rings is 1. The van der Waals surface area contributed by atoms with Gasteiger partial charge in [0, 0.05) is 6.42 Å². The zero-order valence-electron chi connectivity index (χ0n) is 11.5. The van der Waals surface area contributed by atoms with Crippen LogP contribution in [-0.2, 0) is 20.8 Å². The standard InChI is InChI=1S/C14H17NO6/c1-21-10-5-2-9(3-6-10)4-7-12(16)15-11(14(19)20)8-13(17)18/h2-3,5-6,11H,4,7-8H2,1H3,(H,15,16)(H,17,18)(H,19,20). The zero-order valence-corrected chi connectivity index (χ0v) is 11.5. The number of amides is 1. The minimum Gasteiger partial charge on any atom is -0.497 e. The van der Waals surface area contributed by atoms with E-state index in [1.54, 1.807) is 31.4 Å². The number of methoxy groups -OCH3 is 1. The average molecular weight is 295 g/mol. The number of hydrogen-bond donors (Lipinski definition) is 3. The van der Waals surface area contributed by atoms with Gasteiger partial charge < -0.3 is 20.3 Å². The van der Waals surface area contributed by atoms with Gasteiger partial charge in [-0.3, -0.25) is 9.59 Å². The number of hydrogen-bond acceptors (Lipinski definition) is 4. The van der Waals surface area contributed by atoms with Crippen LogP contribution in [0, 0.1) is 0 Å². The van der Waals surface area contributed by atoms with Gasteiger partial charge in [0.2, 0.25) is 5.91 Å². The number of carbonyl (C=O) groups excluding carboxylic acids is 1. The molecule has 0 saturated carbocycles. The molecule has 0 spiro atoms. The van der Waals surface area contributed by atoms with Gasteiger partial charge in [0.1, 0.15) is 11.8 Å². The summed E-state index contributed by atoms with van der Waals surface area (Å²) >= 11 is 0. The van der Waals surface area contributed by atoms with E-state index in [2.05, 4.69) is 5.32 Å². The number of carbonyl (C=O) groups is 3. The zero-order chi connectivity index (χ0) is 15.8. The molecular weight excluding hydrogens is 278 g/mol. The van der Waals surface area contributed by atoms with Crippen molar-refractivity contribution in [3.63, 3.8) is 0 Å². The monoisotopic (exact) mass is 295 g/mol. The molecule has 0 bridgehead atoms. The van der Waals surface area contributed by atoms with E-state index in [9.17, 15) is 14.4 Å². The molecule has 1 amide bonds. The molecule has 1 aromatic rings. The average Bonchev–Trinajstić information content (AvgIpc) is 2.44. The first-order valence-corrected chi connectivity index (χ1v) is 6.29. The summed E-state index contributed by atoms with van der Waals surface area (Å²) in [4.78, 5) is 33.0. The third-order valence-electron chi connectivity index (χ3n) is 2.81. The summed E-state index contributed by atoms with van der Waals surface area (Å²) in [5.41, 5.74) is 0.899. The van der Waals surface area contributed by atoms with Crippen molar-refractivity contribution in [2.75, 3.05) is 7.11 Å². The summed E-state index contributed by atoms with van der Waals surface area (Å²) in [6.45, 7) is 0. The van der Waals surface area contributed by atoms with Crippen LogP contribution in [-0.4, -0.2) is 41.2 Å². The smallest absolute Gasteiger partial charge is 0.326 e. The summed E-state index contributed by atoms with van der Waals surface area (Å²) in [5, 5.41) is 19.6. The second kappa shape index (κ2) is 7.88. The van der Waals surface area contributed by atoms with Crippen LogP contribution < -0.4 is 10.1 Å². The van der Waals surface area contributed by atoms with Crippen LogP contribution >= 0.6 is 0 Å². The highest BCUT2D eigenvalue weighted by Crippen LogP contribution is 2.12. The second-order valence-corrected chi connectivity index (χ2v) is 4.40. The molecule has 1 unspecified atom stereocenters. The first kappa shape index (κ1) is 16.5. The maximum atomic E-state index is 11.6. The maximum absolute atomic E-state index is 11.6. The van der Waals surface area contributed by atoms with E-state index in [-0.39, 0.29) is 6.42 Å². The Bertz CT molecular complexity index is 511. The lowest BCUT2D eigenvalue weighted by Gasteiger charge is -2.12. The van der Waals surface area contributed by atoms with E-state index < -0.39 is 30.3 Å². The topological polar surface area (TPSA) is 113 Å². The molecule has 0 aliphatic heterocycles. The van der Waals surface area contributed by atoms with Gasteiger partial charge in [-0.15, -0.1) is 0 Å². The van der Waals surface area contributed by atoms with Crippen LogP contribution in [0.1, 0.15) is 18.4 Å². The van der Waals surface area contributed by atoms with Crippen molar-refractivity contribution in [1.82, 2.24) is 5.32 Å². The minimum atomic E-state index is -1.41. The molecule has 7 nitrogen and oxygen atoms in total. The van der Waals surface area contributed by atoms with Crippen molar-refractivity contribution < 1.29 is 29.3 Å². The number of nitrogens with one attached hydrogen (secondary N) is 1. The first-order chi connectivity index (χ1) is 9.92. The van der Waals surface area contributed by atoms with Crippen molar-refractivity contribution in [3.8, 4) is 5.75 Å². The molecule has 0 radical (unpaired) electrons. The molecule has 1 atom stereocenters. The van der Waals surface area contributed by atoms with Crippen molar-refractivity contribution in [3.05, 3.63) is 29.8 Å². The van der Waals surface area contributed by atoms with Gasteiger partial charge in [-0.1, -0.05) is 12.1 Å². The SMILES string of the molecule is COc1ccc(CCC(=O)NC(CC(=O)O)C(=O)O)cc1. The number of aryl methyl sites for hydroxylation is 1. The number of rotatable bonds is 8. The minimum absolute atomic E-state index is 0.0791. The van der Waals surface area contributed by atoms with Crippen molar-refractivity contribution in [1.29, 1.82) is 0 Å². The summed E-state index contributed by atoms with van der Waals surface area (Å²) in [6, 6.07) is 5.72. The van der Waals surface area contributed by atoms with E-state index >= 15 is 0 Å². The van der Waals surface area contributed by atoms with E-state index in [1.807, 2.05) is 0 Å². The Morgan fingerprint density at radius 1 is 1.19 bits per heavy atom. The predicted molar refractivity (Wildman–Crippen MR) is 73.1 cm³/mol. The number of carboxylic acids is 2. The van der Waals surface area contributed by atoms with Crippen LogP contribution in [0.4, 0.5) is 0 Å². The molecule has 7 heteroatoms. The molecule has 0 aromatic heterocycles. The third-order valence-corrected chi connectivity index (χ3v) is 2.81. The molecule has 0 aliphatic carbocycles. The van der Waals surface area contributed by atoms with Gasteiger partial charge in [-0.05, 0) is 24.1 Å². The molecule has 3 N–H and O–H groups in total. The first-order valence-electron chi connectivity index (χ1n) is 6.29. The normalized spacial score (nSPS) is 11.5. The molecule has 1 rings (SSSR count). The van der Waals surface area contributed by atoms with Gasteiger partial charge in [0.25, 0.3) is 0 Å². The lowest BCUT2D eigenvalue weighted by atomic mass is 10.1. The Morgan fingerprint density at radius 3 is 2.29 bits per heavy atom. The van der Waals surface area contributed by atoms with Crippen LogP contribution in [0.5, 0.6) is 5.75 Å². The molecule has 21 heavy (non-hydrogen) atoms. The number of aliphatic carboxylic acids is 2. The van der Waals surface area contributed by atoms with Gasteiger partial charge in [-0.25, -0.2) is 4.79 Å². The lowest BCUT2D eigenvalue weighted by Crippen LogP contribution is -2.42. The fourth-order valence-electron chi connectivity index (χ4n) is 1.69. The fraction of sp³-hybridized carbons (Fsp3) is 0.357. The van der Waals surface area contributed by atoms with E-state index in [4.69, 9.17) is 14.9 Å². The van der Waals surface area contributed by atoms with Crippen molar-refractivity contribution in [2.24, 2.45) is 0 Å². The maximum Gasteiger partial charge on any atom is 0.326 e. The Morgan fingerprint density at radius 2 is 1.81 bits per heavy atom. The van der Waals surface area contributed by atoms with Crippen LogP contribution in [0.3, 0.4) is 0 Å². The molecule has 0 saturated heterocycles. The van der Waals surface area contributed by atoms with Crippen molar-refractivity contribution in [2.45, 2.75) is 25.3 Å². The second-order valence-electron chi connectivity index (χ2n) is 4.40. The Balaban J connectivity index is 2.48. The fourth-order valence-corrected chi connectivity index (χ4v) is 1.69. The summed E-state index contributed by atoms with van der Waals surface area (Å²) in [6.07, 6.45) is -0.144. The molecular formula is C14H17NO6. The highest BCUT2D eigenvalue weighted by Gasteiger charge is 2.22. The predicted octanol–water partition coefficient (Wildman–Crippen LogP) is 0.672. The van der Waals surface area contributed by atoms with E-state index in [0.717, 1.165) is 5.56 Å². The number of carboxylic acid groups (broad SMARTS) is 2. The molecule has 0 aliphatic rings. The lowest BCUT2D eigenvalue weighted by molar-refractivity contribution is -0.147. The van der Waals surface area contributed by atoms with Crippen LogP contribution in [0.25, 0.3) is 0 Å². The van der Waals surface area contributed by atoms with E-state index in [0.29, 0.717) is 12.2 Å². The molecule has 1 aromatic carbocycles. The highest BCUT2D eigenvalue weighted by molar-refractivity contribution is 5.86. The number of ether oxygens (including phenoxy) is 1. The largest absolute Gasteiger partial charge is 0.497 e. The third kappa shape index (κ3) is 5.94. The molecule has 114 valence electrons. The molecule has 0 heterocycles. The molecule has 0 fully saturated rings. The quantitative estimate of drug-likeness (QED) is 0.649. The summed E-state index contributed by atoms with van der Waals surface area (Å²) in [7, 11) is 1.55. The van der Waals surface area contributed by atoms with E-state index in [1.165, 1.54) is 0 Å². The summed E-state index contributed by atoms with van der Waals surface area (Å²) in [5.74, 6) is -2.44. The van der Waals surface area contributed by atoms with Gasteiger partial charge in [-0.2, -0.15) is 0 Å². The van der Waals surface area contributed by atoms with Crippen molar-refractivity contribution >= 4 is 17.8 Å². The van der Waals surface area contributed by atoms with Gasteiger partial charge in [0.15, 0.2) is 0 Å². The summed E-state index contributed by atoms with van der Waals surface area (Å²) < 4.78 is 5.01.